The van der Waals surface area contributed by atoms with Crippen molar-refractivity contribution < 1.29 is 23.9 Å². The van der Waals surface area contributed by atoms with Gasteiger partial charge in [-0.3, -0.25) is 9.59 Å². The largest absolute Gasteiger partial charge is 0.489 e. The normalized spacial score (nSPS) is 14.8. The van der Waals surface area contributed by atoms with Crippen molar-refractivity contribution in [3.8, 4) is 5.75 Å². The Morgan fingerprint density at radius 3 is 2.25 bits per heavy atom. The Morgan fingerprint density at radius 1 is 0.972 bits per heavy atom. The number of amides is 2. The second-order valence-corrected chi connectivity index (χ2v) is 9.89. The van der Waals surface area contributed by atoms with E-state index in [0.29, 0.717) is 44.9 Å². The summed E-state index contributed by atoms with van der Waals surface area (Å²) in [6, 6.07) is 16.7. The number of rotatable bonds is 11. The van der Waals surface area contributed by atoms with Gasteiger partial charge in [0.2, 0.25) is 11.8 Å². The molecule has 0 aliphatic carbocycles. The maximum absolute atomic E-state index is 12.7. The van der Waals surface area contributed by atoms with Crippen LogP contribution in [-0.2, 0) is 32.1 Å². The predicted molar refractivity (Wildman–Crippen MR) is 138 cm³/mol. The van der Waals surface area contributed by atoms with E-state index in [1.807, 2.05) is 73.3 Å². The van der Waals surface area contributed by atoms with E-state index < -0.39 is 12.0 Å². The fourth-order valence-corrected chi connectivity index (χ4v) is 4.41. The van der Waals surface area contributed by atoms with E-state index in [2.05, 4.69) is 5.32 Å². The molecule has 7 heteroatoms. The van der Waals surface area contributed by atoms with E-state index in [0.717, 1.165) is 29.7 Å². The molecule has 1 aliphatic heterocycles. The molecule has 3 rings (SSSR count). The fourth-order valence-electron chi connectivity index (χ4n) is 4.41. The third-order valence-electron chi connectivity index (χ3n) is 6.46. The molecule has 1 fully saturated rings. The van der Waals surface area contributed by atoms with Gasteiger partial charge in [-0.25, -0.2) is 4.79 Å². The number of benzene rings is 2. The quantitative estimate of drug-likeness (QED) is 0.475. The van der Waals surface area contributed by atoms with Crippen LogP contribution in [0.1, 0.15) is 50.7 Å². The number of hydrogen-bond acceptors (Lipinski definition) is 5. The average Bonchev–Trinajstić information content (AvgIpc) is 2.88. The van der Waals surface area contributed by atoms with Crippen LogP contribution < -0.4 is 10.1 Å². The first-order chi connectivity index (χ1) is 17.3. The SMILES string of the molecule is COC(=O)C(Cc1ccc(OCc2ccccc2)cc1)NC(=O)CC1CCN(C(=O)CC(C)C)CC1. The number of ether oxygens (including phenoxy) is 2. The Balaban J connectivity index is 1.48. The van der Waals surface area contributed by atoms with Crippen molar-refractivity contribution in [2.45, 2.75) is 58.6 Å². The van der Waals surface area contributed by atoms with Gasteiger partial charge in [0.1, 0.15) is 18.4 Å². The van der Waals surface area contributed by atoms with Gasteiger partial charge in [0.05, 0.1) is 7.11 Å². The Hall–Kier alpha value is -3.35. The molecule has 1 aliphatic rings. The van der Waals surface area contributed by atoms with Crippen LogP contribution in [-0.4, -0.2) is 48.9 Å². The summed E-state index contributed by atoms with van der Waals surface area (Å²) in [6.07, 6.45) is 2.83. The molecule has 0 spiro atoms. The Kier molecular flexibility index (Phi) is 10.3. The number of piperidine rings is 1. The smallest absolute Gasteiger partial charge is 0.328 e. The lowest BCUT2D eigenvalue weighted by Crippen LogP contribution is -2.44. The maximum atomic E-state index is 12.7. The molecule has 1 heterocycles. The van der Waals surface area contributed by atoms with Crippen molar-refractivity contribution in [3.63, 3.8) is 0 Å². The van der Waals surface area contributed by atoms with Crippen molar-refractivity contribution in [3.05, 3.63) is 65.7 Å². The lowest BCUT2D eigenvalue weighted by molar-refractivity contribution is -0.145. The number of likely N-dealkylation sites (tertiary alicyclic amines) is 1. The summed E-state index contributed by atoms with van der Waals surface area (Å²) in [5.41, 5.74) is 1.98. The first-order valence-electron chi connectivity index (χ1n) is 12.7. The molecule has 0 bridgehead atoms. The first kappa shape index (κ1) is 27.2. The van der Waals surface area contributed by atoms with Crippen molar-refractivity contribution in [1.29, 1.82) is 0 Å². The molecule has 2 aromatic carbocycles. The van der Waals surface area contributed by atoms with Crippen LogP contribution in [0.5, 0.6) is 5.75 Å². The van der Waals surface area contributed by atoms with E-state index in [1.165, 1.54) is 7.11 Å². The summed E-state index contributed by atoms with van der Waals surface area (Å²) in [7, 11) is 1.33. The number of carbonyl (C=O) groups excluding carboxylic acids is 3. The molecule has 1 N–H and O–H groups in total. The molecule has 1 atom stereocenters. The van der Waals surface area contributed by atoms with Crippen LogP contribution >= 0.6 is 0 Å². The summed E-state index contributed by atoms with van der Waals surface area (Å²) in [5.74, 6) is 0.832. The molecule has 194 valence electrons. The Labute approximate surface area is 214 Å². The standard InChI is InChI=1S/C29H38N2O5/c1-21(2)17-28(33)31-15-13-23(14-16-31)19-27(32)30-26(29(34)35-3)18-22-9-11-25(12-10-22)36-20-24-7-5-4-6-8-24/h4-12,21,23,26H,13-20H2,1-3H3,(H,30,32). The highest BCUT2D eigenvalue weighted by Crippen LogP contribution is 2.22. The lowest BCUT2D eigenvalue weighted by atomic mass is 9.92. The minimum atomic E-state index is -0.758. The number of hydrogen-bond donors (Lipinski definition) is 1. The van der Waals surface area contributed by atoms with Gasteiger partial charge < -0.3 is 19.7 Å². The zero-order chi connectivity index (χ0) is 25.9. The van der Waals surface area contributed by atoms with Crippen LogP contribution in [0.4, 0.5) is 0 Å². The average molecular weight is 495 g/mol. The predicted octanol–water partition coefficient (Wildman–Crippen LogP) is 4.14. The number of carbonyl (C=O) groups is 3. The van der Waals surface area contributed by atoms with Gasteiger partial charge in [0.25, 0.3) is 0 Å². The fraction of sp³-hybridized carbons (Fsp3) is 0.483. The highest BCUT2D eigenvalue weighted by molar-refractivity contribution is 5.84. The zero-order valence-electron chi connectivity index (χ0n) is 21.6. The van der Waals surface area contributed by atoms with Crippen LogP contribution in [0.25, 0.3) is 0 Å². The highest BCUT2D eigenvalue weighted by Gasteiger charge is 2.27. The molecular formula is C29H38N2O5. The van der Waals surface area contributed by atoms with Gasteiger partial charge in [-0.15, -0.1) is 0 Å². The molecule has 1 unspecified atom stereocenters. The second kappa shape index (κ2) is 13.7. The molecule has 7 nitrogen and oxygen atoms in total. The van der Waals surface area contributed by atoms with E-state index in [1.54, 1.807) is 0 Å². The molecule has 1 saturated heterocycles. The van der Waals surface area contributed by atoms with Crippen molar-refractivity contribution in [2.75, 3.05) is 20.2 Å². The van der Waals surface area contributed by atoms with Crippen LogP contribution in [0, 0.1) is 11.8 Å². The number of methoxy groups -OCH3 is 1. The molecule has 36 heavy (non-hydrogen) atoms. The van der Waals surface area contributed by atoms with Crippen LogP contribution in [0.3, 0.4) is 0 Å². The highest BCUT2D eigenvalue weighted by atomic mass is 16.5. The molecule has 0 aromatic heterocycles. The molecule has 0 radical (unpaired) electrons. The molecule has 2 aromatic rings. The van der Waals surface area contributed by atoms with Gasteiger partial charge in [-0.1, -0.05) is 56.3 Å². The van der Waals surface area contributed by atoms with E-state index in [4.69, 9.17) is 9.47 Å². The summed E-state index contributed by atoms with van der Waals surface area (Å²) in [5, 5.41) is 2.86. The minimum absolute atomic E-state index is 0.167. The second-order valence-electron chi connectivity index (χ2n) is 9.89. The summed E-state index contributed by atoms with van der Waals surface area (Å²) < 4.78 is 10.8. The Morgan fingerprint density at radius 2 is 1.64 bits per heavy atom. The van der Waals surface area contributed by atoms with E-state index >= 15 is 0 Å². The maximum Gasteiger partial charge on any atom is 0.328 e. The topological polar surface area (TPSA) is 84.9 Å². The minimum Gasteiger partial charge on any atom is -0.489 e. The number of esters is 1. The summed E-state index contributed by atoms with van der Waals surface area (Å²) >= 11 is 0. The molecule has 0 saturated carbocycles. The van der Waals surface area contributed by atoms with Gasteiger partial charge in [-0.05, 0) is 47.9 Å². The van der Waals surface area contributed by atoms with Gasteiger partial charge in [0.15, 0.2) is 0 Å². The third-order valence-corrected chi connectivity index (χ3v) is 6.46. The first-order valence-corrected chi connectivity index (χ1v) is 12.7. The van der Waals surface area contributed by atoms with E-state index in [-0.39, 0.29) is 17.7 Å². The molecule has 2 amide bonds. The van der Waals surface area contributed by atoms with Crippen molar-refractivity contribution >= 4 is 17.8 Å². The Bertz CT molecular complexity index is 982. The van der Waals surface area contributed by atoms with Gasteiger partial charge in [-0.2, -0.15) is 0 Å². The van der Waals surface area contributed by atoms with Crippen molar-refractivity contribution in [2.24, 2.45) is 11.8 Å². The summed E-state index contributed by atoms with van der Waals surface area (Å²) in [6.45, 7) is 5.93. The number of nitrogens with one attached hydrogen (secondary N) is 1. The summed E-state index contributed by atoms with van der Waals surface area (Å²) in [4.78, 5) is 39.3. The van der Waals surface area contributed by atoms with E-state index in [9.17, 15) is 14.4 Å². The van der Waals surface area contributed by atoms with Gasteiger partial charge in [0, 0.05) is 32.4 Å². The third kappa shape index (κ3) is 8.70. The van der Waals surface area contributed by atoms with Crippen molar-refractivity contribution in [1.82, 2.24) is 10.2 Å². The van der Waals surface area contributed by atoms with Crippen LogP contribution in [0.2, 0.25) is 0 Å². The van der Waals surface area contributed by atoms with Gasteiger partial charge >= 0.3 is 5.97 Å². The van der Waals surface area contributed by atoms with Crippen LogP contribution in [0.15, 0.2) is 54.6 Å². The number of nitrogens with zero attached hydrogens (tertiary/aromatic N) is 1. The molecular weight excluding hydrogens is 456 g/mol. The monoisotopic (exact) mass is 494 g/mol. The zero-order valence-corrected chi connectivity index (χ0v) is 21.6. The lowest BCUT2D eigenvalue weighted by Gasteiger charge is -2.32.